The second-order valence-electron chi connectivity index (χ2n) is 7.15. The smallest absolute Gasteiger partial charge is 0.190 e. The van der Waals surface area contributed by atoms with Crippen molar-refractivity contribution in [3.8, 4) is 0 Å². The highest BCUT2D eigenvalue weighted by Crippen LogP contribution is 2.13. The number of ether oxygens (including phenoxy) is 2. The van der Waals surface area contributed by atoms with Gasteiger partial charge >= 0.3 is 0 Å². The molecule has 0 radical (unpaired) electrons. The number of rotatable bonds is 11. The largest absolute Gasteiger partial charge is 0.379 e. The quantitative estimate of drug-likeness (QED) is 0.353. The summed E-state index contributed by atoms with van der Waals surface area (Å²) in [6, 6.07) is 8.76. The number of benzene rings is 1. The summed E-state index contributed by atoms with van der Waals surface area (Å²) in [6.45, 7) is 4.14. The van der Waals surface area contributed by atoms with Gasteiger partial charge in [-0.05, 0) is 49.8 Å². The third-order valence-electron chi connectivity index (χ3n) is 4.70. The molecule has 0 amide bonds. The van der Waals surface area contributed by atoms with E-state index in [0.29, 0.717) is 6.10 Å². The normalized spacial score (nSPS) is 17.1. The Hall–Kier alpha value is -1.79. The number of aryl methyl sites for hydroxylation is 1. The number of aliphatic imine (C=N–C) groups is 1. The molecule has 1 unspecified atom stereocenters. The number of hydrogen-bond acceptors (Lipinski definition) is 4. The molecule has 6 heteroatoms. The molecular weight excluding hydrogens is 340 g/mol. The van der Waals surface area contributed by atoms with Crippen LogP contribution in [0.1, 0.15) is 31.2 Å². The summed E-state index contributed by atoms with van der Waals surface area (Å²) in [6.07, 6.45) is 5.71. The summed E-state index contributed by atoms with van der Waals surface area (Å²) in [5.41, 5.74) is 2.61. The fourth-order valence-corrected chi connectivity index (χ4v) is 3.05. The first-order valence-corrected chi connectivity index (χ1v) is 10.1. The van der Waals surface area contributed by atoms with E-state index in [1.54, 1.807) is 0 Å². The van der Waals surface area contributed by atoms with Crippen LogP contribution in [0.3, 0.4) is 0 Å². The third-order valence-corrected chi connectivity index (χ3v) is 4.70. The predicted molar refractivity (Wildman–Crippen MR) is 113 cm³/mol. The average Bonchev–Trinajstić information content (AvgIpc) is 3.20. The predicted octanol–water partition coefficient (Wildman–Crippen LogP) is 2.44. The number of anilines is 1. The summed E-state index contributed by atoms with van der Waals surface area (Å²) in [5, 5.41) is 6.71. The molecule has 27 heavy (non-hydrogen) atoms. The van der Waals surface area contributed by atoms with Crippen molar-refractivity contribution in [1.29, 1.82) is 0 Å². The maximum Gasteiger partial charge on any atom is 0.190 e. The Kier molecular flexibility index (Phi) is 10.0. The molecule has 1 heterocycles. The van der Waals surface area contributed by atoms with E-state index in [9.17, 15) is 0 Å². The molecule has 1 atom stereocenters. The van der Waals surface area contributed by atoms with E-state index < -0.39 is 0 Å². The van der Waals surface area contributed by atoms with Crippen LogP contribution >= 0.6 is 0 Å². The molecule has 0 aliphatic carbocycles. The van der Waals surface area contributed by atoms with Gasteiger partial charge in [-0.15, -0.1) is 0 Å². The van der Waals surface area contributed by atoms with Crippen LogP contribution in [0.2, 0.25) is 0 Å². The lowest BCUT2D eigenvalue weighted by atomic mass is 10.1. The van der Waals surface area contributed by atoms with Gasteiger partial charge in [0.25, 0.3) is 0 Å². The van der Waals surface area contributed by atoms with Crippen LogP contribution in [0.4, 0.5) is 5.69 Å². The van der Waals surface area contributed by atoms with E-state index in [1.807, 2.05) is 7.05 Å². The van der Waals surface area contributed by atoms with E-state index in [4.69, 9.17) is 9.47 Å². The van der Waals surface area contributed by atoms with Crippen molar-refractivity contribution in [3.05, 3.63) is 29.8 Å². The molecule has 2 N–H and O–H groups in total. The Labute approximate surface area is 164 Å². The monoisotopic (exact) mass is 376 g/mol. The van der Waals surface area contributed by atoms with Crippen LogP contribution in [0.5, 0.6) is 0 Å². The molecule has 0 bridgehead atoms. The zero-order valence-electron chi connectivity index (χ0n) is 17.2. The molecule has 0 saturated carbocycles. The maximum absolute atomic E-state index is 5.68. The van der Waals surface area contributed by atoms with Crippen LogP contribution in [0.15, 0.2) is 29.3 Å². The minimum Gasteiger partial charge on any atom is -0.379 e. The van der Waals surface area contributed by atoms with E-state index in [0.717, 1.165) is 64.6 Å². The van der Waals surface area contributed by atoms with Crippen LogP contribution < -0.4 is 15.5 Å². The average molecular weight is 377 g/mol. The first-order valence-electron chi connectivity index (χ1n) is 10.1. The minimum atomic E-state index is 0.312. The topological polar surface area (TPSA) is 58.1 Å². The van der Waals surface area contributed by atoms with Crippen molar-refractivity contribution in [1.82, 2.24) is 10.6 Å². The molecule has 0 aromatic heterocycles. The first kappa shape index (κ1) is 21.5. The number of hydrogen-bond donors (Lipinski definition) is 2. The lowest BCUT2D eigenvalue weighted by Gasteiger charge is -2.14. The molecule has 0 spiro atoms. The van der Waals surface area contributed by atoms with E-state index in [-0.39, 0.29) is 0 Å². The number of nitrogens with one attached hydrogen (secondary N) is 2. The zero-order chi connectivity index (χ0) is 19.3. The summed E-state index contributed by atoms with van der Waals surface area (Å²) in [4.78, 5) is 6.39. The molecule has 1 aromatic carbocycles. The molecule has 1 aliphatic heterocycles. The maximum atomic E-state index is 5.68. The van der Waals surface area contributed by atoms with Gasteiger partial charge in [0.15, 0.2) is 5.96 Å². The van der Waals surface area contributed by atoms with Gasteiger partial charge in [-0.25, -0.2) is 0 Å². The second-order valence-corrected chi connectivity index (χ2v) is 7.15. The Morgan fingerprint density at radius 1 is 1.19 bits per heavy atom. The molecule has 1 saturated heterocycles. The molecule has 1 aromatic rings. The second kappa shape index (κ2) is 12.6. The van der Waals surface area contributed by atoms with E-state index in [2.05, 4.69) is 58.9 Å². The van der Waals surface area contributed by atoms with Crippen molar-refractivity contribution in [2.75, 3.05) is 59.0 Å². The van der Waals surface area contributed by atoms with Crippen molar-refractivity contribution in [2.45, 2.75) is 38.2 Å². The molecular formula is C21H36N4O2. The van der Waals surface area contributed by atoms with Gasteiger partial charge in [0, 0.05) is 53.1 Å². The third kappa shape index (κ3) is 8.63. The molecule has 1 aliphatic rings. The fourth-order valence-electron chi connectivity index (χ4n) is 3.05. The van der Waals surface area contributed by atoms with Crippen molar-refractivity contribution in [2.24, 2.45) is 4.99 Å². The van der Waals surface area contributed by atoms with Gasteiger partial charge in [-0.1, -0.05) is 12.1 Å². The van der Waals surface area contributed by atoms with Gasteiger partial charge in [0.05, 0.1) is 12.7 Å². The van der Waals surface area contributed by atoms with E-state index >= 15 is 0 Å². The first-order chi connectivity index (χ1) is 13.2. The lowest BCUT2D eigenvalue weighted by molar-refractivity contribution is 0.0168. The standard InChI is InChI=1S/C21H36N4O2/c1-22-21(24-14-6-15-26-17-20-8-5-16-27-20)23-13-4-7-18-9-11-19(12-10-18)25(2)3/h9-12,20H,4-8,13-17H2,1-3H3,(H2,22,23,24). The van der Waals surface area contributed by atoms with E-state index in [1.165, 1.54) is 17.7 Å². The van der Waals surface area contributed by atoms with Gasteiger partial charge < -0.3 is 25.0 Å². The Morgan fingerprint density at radius 3 is 2.56 bits per heavy atom. The van der Waals surface area contributed by atoms with Gasteiger partial charge in [-0.3, -0.25) is 4.99 Å². The summed E-state index contributed by atoms with van der Waals surface area (Å²) in [5.74, 6) is 0.858. The molecule has 6 nitrogen and oxygen atoms in total. The number of nitrogens with zero attached hydrogens (tertiary/aromatic N) is 2. The van der Waals surface area contributed by atoms with Gasteiger partial charge in [0.1, 0.15) is 0 Å². The van der Waals surface area contributed by atoms with Crippen LogP contribution in [0, 0.1) is 0 Å². The van der Waals surface area contributed by atoms with Crippen LogP contribution in [-0.4, -0.2) is 66.1 Å². The Morgan fingerprint density at radius 2 is 1.93 bits per heavy atom. The lowest BCUT2D eigenvalue weighted by Crippen LogP contribution is -2.38. The molecule has 2 rings (SSSR count). The Balaban J connectivity index is 1.49. The van der Waals surface area contributed by atoms with Gasteiger partial charge in [0.2, 0.25) is 0 Å². The minimum absolute atomic E-state index is 0.312. The number of guanidine groups is 1. The van der Waals surface area contributed by atoms with Crippen LogP contribution in [-0.2, 0) is 15.9 Å². The van der Waals surface area contributed by atoms with Crippen molar-refractivity contribution in [3.63, 3.8) is 0 Å². The molecule has 152 valence electrons. The SMILES string of the molecule is CN=C(NCCCOCC1CCCO1)NCCCc1ccc(N(C)C)cc1. The van der Waals surface area contributed by atoms with Crippen molar-refractivity contribution < 1.29 is 9.47 Å². The fraction of sp³-hybridized carbons (Fsp3) is 0.667. The Bertz CT molecular complexity index is 540. The highest BCUT2D eigenvalue weighted by molar-refractivity contribution is 5.79. The van der Waals surface area contributed by atoms with Crippen LogP contribution in [0.25, 0.3) is 0 Å². The van der Waals surface area contributed by atoms with Gasteiger partial charge in [-0.2, -0.15) is 0 Å². The highest BCUT2D eigenvalue weighted by atomic mass is 16.5. The molecule has 1 fully saturated rings. The summed E-state index contributed by atoms with van der Waals surface area (Å²) >= 11 is 0. The highest BCUT2D eigenvalue weighted by Gasteiger charge is 2.14. The zero-order valence-corrected chi connectivity index (χ0v) is 17.2. The summed E-state index contributed by atoms with van der Waals surface area (Å²) < 4.78 is 11.2. The summed E-state index contributed by atoms with van der Waals surface area (Å²) in [7, 11) is 5.94. The van der Waals surface area contributed by atoms with Crippen molar-refractivity contribution >= 4 is 11.6 Å².